The van der Waals surface area contributed by atoms with Crippen LogP contribution in [-0.4, -0.2) is 36.4 Å². The van der Waals surface area contributed by atoms with Crippen LogP contribution >= 0.6 is 0 Å². The summed E-state index contributed by atoms with van der Waals surface area (Å²) in [5.41, 5.74) is 0. The van der Waals surface area contributed by atoms with Crippen LogP contribution in [0, 0.1) is 0 Å². The van der Waals surface area contributed by atoms with Gasteiger partial charge in [0.05, 0.1) is 6.61 Å². The Kier molecular flexibility index (Phi) is 59.8. The van der Waals surface area contributed by atoms with Crippen LogP contribution in [-0.2, 0) is 19.1 Å². The third-order valence-corrected chi connectivity index (χ3v) is 14.4. The summed E-state index contributed by atoms with van der Waals surface area (Å²) in [5.74, 6) is -0.577. The van der Waals surface area contributed by atoms with Crippen molar-refractivity contribution in [2.75, 3.05) is 13.2 Å². The van der Waals surface area contributed by atoms with Crippen LogP contribution in [0.3, 0.4) is 0 Å². The average Bonchev–Trinajstić information content (AvgIpc) is 3.36. The molecular weight excluding hydrogens is 861 g/mol. The lowest BCUT2D eigenvalue weighted by Gasteiger charge is -2.15. The first-order chi connectivity index (χ1) is 34.6. The number of esters is 2. The van der Waals surface area contributed by atoms with Gasteiger partial charge in [-0.15, -0.1) is 0 Å². The molecule has 0 aromatic heterocycles. The summed E-state index contributed by atoms with van der Waals surface area (Å²) >= 11 is 0. The number of carbonyl (C=O) groups excluding carboxylic acids is 2. The molecule has 0 heterocycles. The highest BCUT2D eigenvalue weighted by Gasteiger charge is 2.16. The average molecular weight is 984 g/mol. The lowest BCUT2D eigenvalue weighted by molar-refractivity contribution is -0.161. The molecule has 0 aliphatic rings. The zero-order valence-corrected chi connectivity index (χ0v) is 47.3. The number of unbranched alkanes of at least 4 members (excludes halogenated alkanes) is 45. The van der Waals surface area contributed by atoms with Gasteiger partial charge in [0.2, 0.25) is 0 Å². The molecule has 0 aromatic rings. The van der Waals surface area contributed by atoms with Crippen LogP contribution in [0.2, 0.25) is 0 Å². The Morgan fingerprint density at radius 3 is 0.857 bits per heavy atom. The summed E-state index contributed by atoms with van der Waals surface area (Å²) in [7, 11) is 0. The van der Waals surface area contributed by atoms with Crippen molar-refractivity contribution in [3.05, 3.63) is 36.5 Å². The molecule has 0 radical (unpaired) electrons. The van der Waals surface area contributed by atoms with Gasteiger partial charge in [0.1, 0.15) is 6.61 Å². The van der Waals surface area contributed by atoms with E-state index in [0.717, 1.165) is 44.9 Å². The fourth-order valence-electron chi connectivity index (χ4n) is 9.64. The minimum absolute atomic E-state index is 0.0630. The molecule has 1 unspecified atom stereocenters. The molecule has 0 aliphatic heterocycles. The molecule has 1 atom stereocenters. The van der Waals surface area contributed by atoms with E-state index in [9.17, 15) is 14.7 Å². The molecule has 0 saturated heterocycles. The number of ether oxygens (including phenoxy) is 2. The molecule has 70 heavy (non-hydrogen) atoms. The van der Waals surface area contributed by atoms with E-state index in [4.69, 9.17) is 9.47 Å². The summed E-state index contributed by atoms with van der Waals surface area (Å²) in [6, 6.07) is 0. The van der Waals surface area contributed by atoms with Gasteiger partial charge in [-0.05, 0) is 70.6 Å². The Balaban J connectivity index is 3.39. The van der Waals surface area contributed by atoms with E-state index in [1.54, 1.807) is 0 Å². The van der Waals surface area contributed by atoms with Gasteiger partial charge in [0.25, 0.3) is 0 Å². The van der Waals surface area contributed by atoms with E-state index >= 15 is 0 Å². The van der Waals surface area contributed by atoms with Crippen LogP contribution in [0.4, 0.5) is 0 Å². The molecule has 5 heteroatoms. The van der Waals surface area contributed by atoms with Crippen LogP contribution in [0.25, 0.3) is 0 Å². The topological polar surface area (TPSA) is 72.8 Å². The molecule has 412 valence electrons. The van der Waals surface area contributed by atoms with Crippen LogP contribution in [0.5, 0.6) is 0 Å². The van der Waals surface area contributed by atoms with Gasteiger partial charge in [-0.2, -0.15) is 0 Å². The Labute approximate surface area is 437 Å². The molecule has 0 aliphatic carbocycles. The summed E-state index contributed by atoms with van der Waals surface area (Å²) in [5, 5.41) is 9.66. The quantitative estimate of drug-likeness (QED) is 0.0373. The predicted molar refractivity (Wildman–Crippen MR) is 307 cm³/mol. The van der Waals surface area contributed by atoms with E-state index in [1.807, 2.05) is 0 Å². The Bertz CT molecular complexity index is 1110. The number of hydrogen-bond acceptors (Lipinski definition) is 5. The minimum Gasteiger partial charge on any atom is -0.462 e. The second-order valence-electron chi connectivity index (χ2n) is 21.5. The maximum Gasteiger partial charge on any atom is 0.306 e. The van der Waals surface area contributed by atoms with Crippen molar-refractivity contribution in [3.63, 3.8) is 0 Å². The summed E-state index contributed by atoms with van der Waals surface area (Å²) in [6.07, 6.45) is 80.1. The van der Waals surface area contributed by atoms with Crippen molar-refractivity contribution in [1.29, 1.82) is 0 Å². The smallest absolute Gasteiger partial charge is 0.306 e. The summed E-state index contributed by atoms with van der Waals surface area (Å²) < 4.78 is 10.7. The summed E-state index contributed by atoms with van der Waals surface area (Å²) in [6.45, 7) is 4.17. The standard InChI is InChI=1S/C65H122O5/c1-3-5-7-9-11-13-15-17-19-21-23-25-26-27-28-29-30-31-32-33-34-35-36-37-38-40-41-43-45-47-49-51-53-55-57-59-64(67)69-62-63(61-66)70-65(68)60-58-56-54-52-50-48-46-44-42-39-24-22-20-18-16-14-12-10-8-6-4-2/h16,18,21-24,63,66H,3-15,17,19-20,25-62H2,1-2H3/b18-16-,23-21-,24-22-. The number of rotatable bonds is 59. The van der Waals surface area contributed by atoms with Gasteiger partial charge in [-0.1, -0.05) is 301 Å². The fourth-order valence-corrected chi connectivity index (χ4v) is 9.64. The van der Waals surface area contributed by atoms with Gasteiger partial charge in [0.15, 0.2) is 6.10 Å². The van der Waals surface area contributed by atoms with Crippen molar-refractivity contribution in [2.24, 2.45) is 0 Å². The molecular formula is C65H122O5. The molecule has 0 amide bonds. The highest BCUT2D eigenvalue weighted by Crippen LogP contribution is 2.18. The number of carbonyl (C=O) groups is 2. The molecule has 0 aromatic carbocycles. The zero-order chi connectivity index (χ0) is 50.6. The van der Waals surface area contributed by atoms with Gasteiger partial charge in [-0.3, -0.25) is 9.59 Å². The van der Waals surface area contributed by atoms with E-state index in [2.05, 4.69) is 50.3 Å². The highest BCUT2D eigenvalue weighted by atomic mass is 16.6. The maximum absolute atomic E-state index is 12.3. The minimum atomic E-state index is -0.773. The largest absolute Gasteiger partial charge is 0.462 e. The van der Waals surface area contributed by atoms with Crippen LogP contribution < -0.4 is 0 Å². The SMILES string of the molecule is CCCCCCC/C=C\C/C=C\CCCCCCCCCCCC(=O)OC(CO)COC(=O)CCCCCCCCCCCCCCCCCCCCCCCCC/C=C\CCCCCCCCCC. The van der Waals surface area contributed by atoms with Gasteiger partial charge in [-0.25, -0.2) is 0 Å². The number of hydrogen-bond donors (Lipinski definition) is 1. The lowest BCUT2D eigenvalue weighted by Crippen LogP contribution is -2.28. The van der Waals surface area contributed by atoms with Crippen LogP contribution in [0.15, 0.2) is 36.5 Å². The first-order valence-corrected chi connectivity index (χ1v) is 31.5. The normalized spacial score (nSPS) is 12.3. The molecule has 5 nitrogen and oxygen atoms in total. The number of aliphatic hydroxyl groups excluding tert-OH is 1. The lowest BCUT2D eigenvalue weighted by atomic mass is 10.0. The van der Waals surface area contributed by atoms with Gasteiger partial charge < -0.3 is 14.6 Å². The van der Waals surface area contributed by atoms with Crippen molar-refractivity contribution in [3.8, 4) is 0 Å². The monoisotopic (exact) mass is 983 g/mol. The first-order valence-electron chi connectivity index (χ1n) is 31.5. The molecule has 0 spiro atoms. The van der Waals surface area contributed by atoms with Crippen molar-refractivity contribution in [2.45, 2.75) is 354 Å². The van der Waals surface area contributed by atoms with E-state index in [1.165, 1.54) is 276 Å². The van der Waals surface area contributed by atoms with E-state index in [-0.39, 0.29) is 25.2 Å². The van der Waals surface area contributed by atoms with Crippen molar-refractivity contribution in [1.82, 2.24) is 0 Å². The first kappa shape index (κ1) is 68.1. The molecule has 0 saturated carbocycles. The predicted octanol–water partition coefficient (Wildman–Crippen LogP) is 21.4. The second kappa shape index (κ2) is 61.4. The third-order valence-electron chi connectivity index (χ3n) is 14.4. The Hall–Kier alpha value is -1.88. The van der Waals surface area contributed by atoms with Gasteiger partial charge >= 0.3 is 11.9 Å². The fraction of sp³-hybridized carbons (Fsp3) is 0.877. The van der Waals surface area contributed by atoms with E-state index < -0.39 is 6.10 Å². The molecule has 0 bridgehead atoms. The Morgan fingerprint density at radius 1 is 0.329 bits per heavy atom. The third kappa shape index (κ3) is 58.7. The maximum atomic E-state index is 12.3. The Morgan fingerprint density at radius 2 is 0.571 bits per heavy atom. The summed E-state index contributed by atoms with van der Waals surface area (Å²) in [4.78, 5) is 24.6. The second-order valence-corrected chi connectivity index (χ2v) is 21.5. The molecule has 0 fully saturated rings. The number of allylic oxidation sites excluding steroid dienone is 6. The van der Waals surface area contributed by atoms with Gasteiger partial charge in [0, 0.05) is 12.8 Å². The van der Waals surface area contributed by atoms with Crippen molar-refractivity contribution < 1.29 is 24.2 Å². The van der Waals surface area contributed by atoms with Crippen molar-refractivity contribution >= 4 is 11.9 Å². The number of aliphatic hydroxyl groups is 1. The van der Waals surface area contributed by atoms with E-state index in [0.29, 0.717) is 12.8 Å². The van der Waals surface area contributed by atoms with Crippen LogP contribution in [0.1, 0.15) is 348 Å². The molecule has 1 N–H and O–H groups in total. The molecule has 0 rings (SSSR count). The zero-order valence-electron chi connectivity index (χ0n) is 47.3. The highest BCUT2D eigenvalue weighted by molar-refractivity contribution is 5.70.